The first-order valence-corrected chi connectivity index (χ1v) is 10.6. The average Bonchev–Trinajstić information content (AvgIpc) is 2.77. The van der Waals surface area contributed by atoms with Gasteiger partial charge in [0.15, 0.2) is 5.75 Å². The molecule has 4 rings (SSSR count). The number of aromatic hydroxyl groups is 1. The number of azo groups is 1. The number of anilines is 1. The quantitative estimate of drug-likeness (QED) is 0.299. The predicted octanol–water partition coefficient (Wildman–Crippen LogP) is 8.14. The lowest BCUT2D eigenvalue weighted by Gasteiger charge is -2.12. The Bertz CT molecular complexity index is 1380. The summed E-state index contributed by atoms with van der Waals surface area (Å²) >= 11 is 12.1. The van der Waals surface area contributed by atoms with E-state index in [0.29, 0.717) is 26.8 Å². The van der Waals surface area contributed by atoms with E-state index in [0.717, 1.165) is 16.5 Å². The summed E-state index contributed by atoms with van der Waals surface area (Å²) in [6, 6.07) is 19.5. The van der Waals surface area contributed by atoms with E-state index in [-0.39, 0.29) is 17.0 Å². The summed E-state index contributed by atoms with van der Waals surface area (Å²) in [6.45, 7) is 3.75. The van der Waals surface area contributed by atoms with Crippen molar-refractivity contribution in [2.45, 2.75) is 13.8 Å². The van der Waals surface area contributed by atoms with Gasteiger partial charge in [0.25, 0.3) is 5.91 Å². The number of hydrogen-bond donors (Lipinski definition) is 2. The lowest BCUT2D eigenvalue weighted by Crippen LogP contribution is -2.13. The van der Waals surface area contributed by atoms with Gasteiger partial charge in [-0.25, -0.2) is 0 Å². The minimum Gasteiger partial charge on any atom is -0.505 e. The lowest BCUT2D eigenvalue weighted by molar-refractivity contribution is 0.102. The number of amides is 1. The van der Waals surface area contributed by atoms with Crippen molar-refractivity contribution in [2.24, 2.45) is 10.2 Å². The maximum atomic E-state index is 13.1. The monoisotopic (exact) mass is 463 g/mol. The molecule has 0 saturated heterocycles. The highest BCUT2D eigenvalue weighted by Gasteiger charge is 2.19. The second-order valence-electron chi connectivity index (χ2n) is 7.39. The molecule has 0 atom stereocenters. The van der Waals surface area contributed by atoms with E-state index < -0.39 is 5.91 Å². The van der Waals surface area contributed by atoms with Gasteiger partial charge in [0.1, 0.15) is 5.69 Å². The van der Waals surface area contributed by atoms with Crippen molar-refractivity contribution in [2.75, 3.05) is 5.32 Å². The molecule has 4 aromatic carbocycles. The third-order valence-electron chi connectivity index (χ3n) is 5.12. The molecular weight excluding hydrogens is 445 g/mol. The van der Waals surface area contributed by atoms with Crippen LogP contribution in [0.1, 0.15) is 21.5 Å². The Labute approximate surface area is 195 Å². The van der Waals surface area contributed by atoms with Crippen LogP contribution in [0.3, 0.4) is 0 Å². The second-order valence-corrected chi connectivity index (χ2v) is 8.26. The maximum absolute atomic E-state index is 13.1. The molecule has 0 aliphatic heterocycles. The Morgan fingerprint density at radius 2 is 1.56 bits per heavy atom. The first-order valence-electron chi connectivity index (χ1n) is 9.83. The van der Waals surface area contributed by atoms with Crippen LogP contribution in [-0.4, -0.2) is 11.0 Å². The number of aryl methyl sites for hydroxylation is 2. The maximum Gasteiger partial charge on any atom is 0.259 e. The SMILES string of the molecule is Cc1ccc(Cl)cc1/N=N/c1c(O)c(C(=O)Nc2cc(Cl)ccc2C)cc2ccccc12. The van der Waals surface area contributed by atoms with Crippen molar-refractivity contribution in [3.8, 4) is 5.75 Å². The van der Waals surface area contributed by atoms with Gasteiger partial charge in [0.2, 0.25) is 0 Å². The summed E-state index contributed by atoms with van der Waals surface area (Å²) in [5.74, 6) is -0.738. The molecule has 0 unspecified atom stereocenters. The third kappa shape index (κ3) is 4.44. The number of nitrogens with zero attached hydrogens (tertiary/aromatic N) is 2. The molecule has 0 aliphatic rings. The van der Waals surface area contributed by atoms with Gasteiger partial charge < -0.3 is 10.4 Å². The Kier molecular flexibility index (Phi) is 6.12. The number of phenols is 1. The smallest absolute Gasteiger partial charge is 0.259 e. The number of carbonyl (C=O) groups is 1. The largest absolute Gasteiger partial charge is 0.505 e. The van der Waals surface area contributed by atoms with E-state index >= 15 is 0 Å². The zero-order valence-electron chi connectivity index (χ0n) is 17.4. The van der Waals surface area contributed by atoms with Crippen molar-refractivity contribution in [1.82, 2.24) is 0 Å². The summed E-state index contributed by atoms with van der Waals surface area (Å²) in [5, 5.41) is 24.9. The number of benzene rings is 4. The Morgan fingerprint density at radius 3 is 2.34 bits per heavy atom. The number of rotatable bonds is 4. The number of fused-ring (bicyclic) bond motifs is 1. The van der Waals surface area contributed by atoms with Crippen LogP contribution in [0.5, 0.6) is 5.75 Å². The fourth-order valence-corrected chi connectivity index (χ4v) is 3.64. The van der Waals surface area contributed by atoms with Crippen molar-refractivity contribution >= 4 is 56.9 Å². The van der Waals surface area contributed by atoms with Crippen LogP contribution < -0.4 is 5.32 Å². The van der Waals surface area contributed by atoms with E-state index in [1.54, 1.807) is 30.3 Å². The minimum atomic E-state index is -0.478. The van der Waals surface area contributed by atoms with Crippen LogP contribution in [0.15, 0.2) is 77.0 Å². The highest BCUT2D eigenvalue weighted by Crippen LogP contribution is 2.40. The standard InChI is InChI=1S/C25H19Cl2N3O2/c1-14-7-9-17(26)12-21(14)28-25(32)20-11-16-5-3-4-6-19(16)23(24(20)31)30-29-22-13-18(27)10-8-15(22)2/h3-13,31H,1-2H3,(H,28,32)/b30-29+. The van der Waals surface area contributed by atoms with Crippen LogP contribution in [0.2, 0.25) is 10.0 Å². The predicted molar refractivity (Wildman–Crippen MR) is 130 cm³/mol. The summed E-state index contributed by atoms with van der Waals surface area (Å²) in [6.07, 6.45) is 0. The van der Waals surface area contributed by atoms with Crippen LogP contribution in [0.4, 0.5) is 17.1 Å². The lowest BCUT2D eigenvalue weighted by atomic mass is 10.0. The van der Waals surface area contributed by atoms with Crippen molar-refractivity contribution in [3.63, 3.8) is 0 Å². The van der Waals surface area contributed by atoms with Gasteiger partial charge in [-0.05, 0) is 60.7 Å². The Balaban J connectivity index is 1.80. The summed E-state index contributed by atoms with van der Waals surface area (Å²) < 4.78 is 0. The van der Waals surface area contributed by atoms with E-state index in [1.165, 1.54) is 0 Å². The van der Waals surface area contributed by atoms with E-state index in [2.05, 4.69) is 15.5 Å². The van der Waals surface area contributed by atoms with Crippen LogP contribution in [0.25, 0.3) is 10.8 Å². The molecule has 0 fully saturated rings. The first-order chi connectivity index (χ1) is 15.3. The number of phenolic OH excluding ortho intramolecular Hbond substituents is 1. The molecule has 32 heavy (non-hydrogen) atoms. The van der Waals surface area contributed by atoms with E-state index in [9.17, 15) is 9.90 Å². The zero-order chi connectivity index (χ0) is 22.8. The number of hydrogen-bond acceptors (Lipinski definition) is 4. The fourth-order valence-electron chi connectivity index (χ4n) is 3.30. The summed E-state index contributed by atoms with van der Waals surface area (Å²) in [4.78, 5) is 13.1. The van der Waals surface area contributed by atoms with E-state index in [4.69, 9.17) is 23.2 Å². The van der Waals surface area contributed by atoms with Gasteiger partial charge in [0.05, 0.1) is 11.3 Å². The number of carbonyl (C=O) groups excluding carboxylic acids is 1. The van der Waals surface area contributed by atoms with Crippen LogP contribution >= 0.6 is 23.2 Å². The molecule has 0 aliphatic carbocycles. The van der Waals surface area contributed by atoms with Crippen molar-refractivity contribution in [3.05, 3.63) is 93.5 Å². The molecule has 0 aromatic heterocycles. The van der Waals surface area contributed by atoms with Gasteiger partial charge in [-0.3, -0.25) is 4.79 Å². The average molecular weight is 464 g/mol. The van der Waals surface area contributed by atoms with Gasteiger partial charge in [-0.1, -0.05) is 59.6 Å². The summed E-state index contributed by atoms with van der Waals surface area (Å²) in [5.41, 5.74) is 3.15. The summed E-state index contributed by atoms with van der Waals surface area (Å²) in [7, 11) is 0. The molecule has 7 heteroatoms. The second kappa shape index (κ2) is 8.99. The Hall–Kier alpha value is -3.41. The highest BCUT2D eigenvalue weighted by atomic mass is 35.5. The van der Waals surface area contributed by atoms with Gasteiger partial charge >= 0.3 is 0 Å². The zero-order valence-corrected chi connectivity index (χ0v) is 18.9. The van der Waals surface area contributed by atoms with Crippen LogP contribution in [-0.2, 0) is 0 Å². The molecular formula is C25H19Cl2N3O2. The van der Waals surface area contributed by atoms with Gasteiger partial charge in [0, 0.05) is 21.1 Å². The van der Waals surface area contributed by atoms with E-state index in [1.807, 2.05) is 50.2 Å². The van der Waals surface area contributed by atoms with Gasteiger partial charge in [-0.15, -0.1) is 5.11 Å². The molecule has 1 amide bonds. The molecule has 5 nitrogen and oxygen atoms in total. The molecule has 0 bridgehead atoms. The normalized spacial score (nSPS) is 11.2. The number of nitrogens with one attached hydrogen (secondary N) is 1. The minimum absolute atomic E-state index is 0.0832. The fraction of sp³-hybridized carbons (Fsp3) is 0.0800. The molecule has 0 saturated carbocycles. The topological polar surface area (TPSA) is 74.0 Å². The highest BCUT2D eigenvalue weighted by molar-refractivity contribution is 6.31. The molecule has 0 spiro atoms. The van der Waals surface area contributed by atoms with Crippen molar-refractivity contribution < 1.29 is 9.90 Å². The molecule has 0 radical (unpaired) electrons. The van der Waals surface area contributed by atoms with Crippen molar-refractivity contribution in [1.29, 1.82) is 0 Å². The van der Waals surface area contributed by atoms with Gasteiger partial charge in [-0.2, -0.15) is 5.11 Å². The molecule has 160 valence electrons. The molecule has 2 N–H and O–H groups in total. The molecule has 0 heterocycles. The first kappa shape index (κ1) is 21.8. The van der Waals surface area contributed by atoms with Crippen LogP contribution in [0, 0.1) is 13.8 Å². The third-order valence-corrected chi connectivity index (χ3v) is 5.59. The Morgan fingerprint density at radius 1 is 0.875 bits per heavy atom. The number of halogens is 2. The molecule has 4 aromatic rings.